The molecule has 2 saturated heterocycles. The van der Waals surface area contributed by atoms with Crippen molar-refractivity contribution >= 4 is 17.7 Å². The molecule has 21 heavy (non-hydrogen) atoms. The van der Waals surface area contributed by atoms with Crippen molar-refractivity contribution in [1.82, 2.24) is 15.5 Å². The summed E-state index contributed by atoms with van der Waals surface area (Å²) >= 11 is 0. The molecule has 2 N–H and O–H groups in total. The van der Waals surface area contributed by atoms with E-state index in [-0.39, 0.29) is 29.8 Å². The predicted molar refractivity (Wildman–Crippen MR) is 78.4 cm³/mol. The molecule has 2 fully saturated rings. The molecule has 1 atom stereocenters. The van der Waals surface area contributed by atoms with Gasteiger partial charge in [-0.2, -0.15) is 0 Å². The smallest absolute Gasteiger partial charge is 0.245 e. The molecule has 6 heteroatoms. The first-order valence-corrected chi connectivity index (χ1v) is 7.83. The number of likely N-dealkylation sites (tertiary alicyclic amines) is 1. The molecular formula is C15H25N3O3. The van der Waals surface area contributed by atoms with E-state index in [1.165, 1.54) is 0 Å². The predicted octanol–water partition coefficient (Wildman–Crippen LogP) is 0.418. The zero-order valence-electron chi connectivity index (χ0n) is 12.9. The summed E-state index contributed by atoms with van der Waals surface area (Å²) in [6.45, 7) is 5.35. The normalized spacial score (nSPS) is 23.3. The first kappa shape index (κ1) is 15.8. The van der Waals surface area contributed by atoms with Crippen LogP contribution >= 0.6 is 0 Å². The van der Waals surface area contributed by atoms with Crippen LogP contribution < -0.4 is 10.6 Å². The molecule has 2 aliphatic rings. The second-order valence-corrected chi connectivity index (χ2v) is 6.42. The van der Waals surface area contributed by atoms with E-state index in [0.29, 0.717) is 38.3 Å². The lowest BCUT2D eigenvalue weighted by atomic mass is 10.0. The van der Waals surface area contributed by atoms with Crippen LogP contribution in [-0.2, 0) is 14.4 Å². The highest BCUT2D eigenvalue weighted by molar-refractivity contribution is 5.90. The Balaban J connectivity index is 1.74. The number of carbonyl (C=O) groups excluding carboxylic acids is 3. The van der Waals surface area contributed by atoms with E-state index in [2.05, 4.69) is 10.6 Å². The van der Waals surface area contributed by atoms with Crippen molar-refractivity contribution < 1.29 is 14.4 Å². The third-order valence-electron chi connectivity index (χ3n) is 4.06. The second kappa shape index (κ2) is 6.91. The van der Waals surface area contributed by atoms with Crippen molar-refractivity contribution in [3.05, 3.63) is 0 Å². The van der Waals surface area contributed by atoms with Gasteiger partial charge in [0.2, 0.25) is 17.7 Å². The summed E-state index contributed by atoms with van der Waals surface area (Å²) in [6.07, 6.45) is 3.17. The van der Waals surface area contributed by atoms with E-state index in [1.807, 2.05) is 13.8 Å². The maximum absolute atomic E-state index is 12.2. The molecule has 3 amide bonds. The summed E-state index contributed by atoms with van der Waals surface area (Å²) in [6, 6.07) is -0.178. The van der Waals surface area contributed by atoms with E-state index in [1.54, 1.807) is 4.90 Å². The Hall–Kier alpha value is -1.59. The SMILES string of the molecule is CC(C)CC(=O)NC1CCN(C(=O)C2CCC(=O)N2)CC1. The van der Waals surface area contributed by atoms with E-state index in [0.717, 1.165) is 12.8 Å². The molecule has 0 aliphatic carbocycles. The van der Waals surface area contributed by atoms with Crippen molar-refractivity contribution in [3.63, 3.8) is 0 Å². The van der Waals surface area contributed by atoms with Gasteiger partial charge < -0.3 is 15.5 Å². The zero-order chi connectivity index (χ0) is 15.4. The molecule has 0 aromatic rings. The molecule has 1 unspecified atom stereocenters. The average molecular weight is 295 g/mol. The summed E-state index contributed by atoms with van der Waals surface area (Å²) in [5, 5.41) is 5.76. The van der Waals surface area contributed by atoms with Crippen LogP contribution in [0, 0.1) is 5.92 Å². The number of nitrogens with one attached hydrogen (secondary N) is 2. The molecule has 0 radical (unpaired) electrons. The quantitative estimate of drug-likeness (QED) is 0.789. The summed E-state index contributed by atoms with van der Waals surface area (Å²) in [7, 11) is 0. The number of carbonyl (C=O) groups is 3. The van der Waals surface area contributed by atoms with Crippen LogP contribution in [0.25, 0.3) is 0 Å². The Bertz CT molecular complexity index is 414. The van der Waals surface area contributed by atoms with Crippen molar-refractivity contribution in [3.8, 4) is 0 Å². The summed E-state index contributed by atoms with van der Waals surface area (Å²) in [5.74, 6) is 0.437. The molecule has 0 aromatic carbocycles. The second-order valence-electron chi connectivity index (χ2n) is 6.42. The van der Waals surface area contributed by atoms with Crippen LogP contribution in [0.3, 0.4) is 0 Å². The highest BCUT2D eigenvalue weighted by Crippen LogP contribution is 2.16. The summed E-state index contributed by atoms with van der Waals surface area (Å²) in [4.78, 5) is 37.0. The molecule has 6 nitrogen and oxygen atoms in total. The molecule has 2 aliphatic heterocycles. The highest BCUT2D eigenvalue weighted by atomic mass is 16.2. The minimum atomic E-state index is -0.343. The molecule has 0 spiro atoms. The monoisotopic (exact) mass is 295 g/mol. The first-order valence-electron chi connectivity index (χ1n) is 7.83. The summed E-state index contributed by atoms with van der Waals surface area (Å²) < 4.78 is 0. The minimum Gasteiger partial charge on any atom is -0.353 e. The Morgan fingerprint density at radius 3 is 2.48 bits per heavy atom. The number of amides is 3. The van der Waals surface area contributed by atoms with Crippen molar-refractivity contribution in [2.24, 2.45) is 5.92 Å². The summed E-state index contributed by atoms with van der Waals surface area (Å²) in [5.41, 5.74) is 0. The zero-order valence-corrected chi connectivity index (χ0v) is 12.9. The van der Waals surface area contributed by atoms with Gasteiger partial charge in [-0.1, -0.05) is 13.8 Å². The fourth-order valence-corrected chi connectivity index (χ4v) is 2.92. The number of hydrogen-bond acceptors (Lipinski definition) is 3. The Morgan fingerprint density at radius 2 is 1.95 bits per heavy atom. The lowest BCUT2D eigenvalue weighted by Crippen LogP contribution is -2.51. The van der Waals surface area contributed by atoms with Crippen LogP contribution in [0.1, 0.15) is 46.0 Å². The van der Waals surface area contributed by atoms with Gasteiger partial charge in [-0.25, -0.2) is 0 Å². The number of piperidine rings is 1. The average Bonchev–Trinajstić information content (AvgIpc) is 2.84. The highest BCUT2D eigenvalue weighted by Gasteiger charge is 2.32. The van der Waals surface area contributed by atoms with Gasteiger partial charge in [0.15, 0.2) is 0 Å². The standard InChI is InChI=1S/C15H25N3O3/c1-10(2)9-14(20)16-11-5-7-18(8-6-11)15(21)12-3-4-13(19)17-12/h10-12H,3-9H2,1-2H3,(H,16,20)(H,17,19). The Morgan fingerprint density at radius 1 is 1.29 bits per heavy atom. The van der Waals surface area contributed by atoms with Gasteiger partial charge in [-0.3, -0.25) is 14.4 Å². The third kappa shape index (κ3) is 4.44. The van der Waals surface area contributed by atoms with Gasteiger partial charge in [0, 0.05) is 32.0 Å². The lowest BCUT2D eigenvalue weighted by Gasteiger charge is -2.33. The van der Waals surface area contributed by atoms with Gasteiger partial charge in [0.1, 0.15) is 6.04 Å². The lowest BCUT2D eigenvalue weighted by molar-refractivity contribution is -0.135. The van der Waals surface area contributed by atoms with E-state index < -0.39 is 0 Å². The number of hydrogen-bond donors (Lipinski definition) is 2. The van der Waals surface area contributed by atoms with E-state index in [9.17, 15) is 14.4 Å². The van der Waals surface area contributed by atoms with Gasteiger partial charge >= 0.3 is 0 Å². The van der Waals surface area contributed by atoms with Gasteiger partial charge in [-0.05, 0) is 25.2 Å². The maximum atomic E-state index is 12.2. The molecule has 2 rings (SSSR count). The molecule has 0 bridgehead atoms. The fraction of sp³-hybridized carbons (Fsp3) is 0.800. The van der Waals surface area contributed by atoms with Crippen molar-refractivity contribution in [2.75, 3.05) is 13.1 Å². The Labute approximate surface area is 125 Å². The van der Waals surface area contributed by atoms with Crippen molar-refractivity contribution in [2.45, 2.75) is 58.0 Å². The van der Waals surface area contributed by atoms with Crippen molar-refractivity contribution in [1.29, 1.82) is 0 Å². The van der Waals surface area contributed by atoms with E-state index in [4.69, 9.17) is 0 Å². The largest absolute Gasteiger partial charge is 0.353 e. The van der Waals surface area contributed by atoms with E-state index >= 15 is 0 Å². The molecule has 0 saturated carbocycles. The first-order chi connectivity index (χ1) is 9.95. The molecule has 0 aromatic heterocycles. The van der Waals surface area contributed by atoms with Gasteiger partial charge in [-0.15, -0.1) is 0 Å². The van der Waals surface area contributed by atoms with Crippen LogP contribution in [0.15, 0.2) is 0 Å². The van der Waals surface area contributed by atoms with Gasteiger partial charge in [0.05, 0.1) is 0 Å². The van der Waals surface area contributed by atoms with Crippen LogP contribution in [-0.4, -0.2) is 47.8 Å². The number of rotatable bonds is 4. The maximum Gasteiger partial charge on any atom is 0.245 e. The van der Waals surface area contributed by atoms with Crippen LogP contribution in [0.5, 0.6) is 0 Å². The number of nitrogens with zero attached hydrogens (tertiary/aromatic N) is 1. The Kier molecular flexibility index (Phi) is 5.20. The third-order valence-corrected chi connectivity index (χ3v) is 4.06. The minimum absolute atomic E-state index is 0.0211. The van der Waals surface area contributed by atoms with Gasteiger partial charge in [0.25, 0.3) is 0 Å². The van der Waals surface area contributed by atoms with Crippen LogP contribution in [0.2, 0.25) is 0 Å². The van der Waals surface area contributed by atoms with Crippen LogP contribution in [0.4, 0.5) is 0 Å². The fourth-order valence-electron chi connectivity index (χ4n) is 2.92. The molecule has 118 valence electrons. The topological polar surface area (TPSA) is 78.5 Å². The molecular weight excluding hydrogens is 270 g/mol. The molecule has 2 heterocycles.